The number of aromatic nitrogens is 1. The average Bonchev–Trinajstić information content (AvgIpc) is 2.76. The molecule has 2 aromatic heterocycles. The van der Waals surface area contributed by atoms with Crippen LogP contribution >= 0.6 is 11.3 Å². The number of hydrogen-bond donors (Lipinski definition) is 1. The van der Waals surface area contributed by atoms with E-state index in [1.807, 2.05) is 29.5 Å². The third kappa shape index (κ3) is 2.33. The zero-order valence-electron chi connectivity index (χ0n) is 9.60. The first kappa shape index (κ1) is 10.7. The van der Waals surface area contributed by atoms with Crippen molar-refractivity contribution in [1.82, 2.24) is 9.88 Å². The molecule has 0 saturated heterocycles. The van der Waals surface area contributed by atoms with E-state index in [-0.39, 0.29) is 0 Å². The Bertz CT molecular complexity index is 521. The van der Waals surface area contributed by atoms with Gasteiger partial charge in [0, 0.05) is 24.5 Å². The monoisotopic (exact) mass is 245 g/mol. The van der Waals surface area contributed by atoms with Gasteiger partial charge in [0.2, 0.25) is 0 Å². The summed E-state index contributed by atoms with van der Waals surface area (Å²) in [4.78, 5) is 8.32. The minimum atomic E-state index is 0.607. The van der Waals surface area contributed by atoms with Crippen LogP contribution in [0.4, 0.5) is 5.82 Å². The first-order valence-corrected chi connectivity index (χ1v) is 6.68. The Kier molecular flexibility index (Phi) is 2.82. The molecular weight excluding hydrogens is 230 g/mol. The number of hydrogen-bond acceptors (Lipinski definition) is 4. The highest BCUT2D eigenvalue weighted by Crippen LogP contribution is 2.24. The van der Waals surface area contributed by atoms with Gasteiger partial charge >= 0.3 is 0 Å². The van der Waals surface area contributed by atoms with Gasteiger partial charge in [-0.25, -0.2) is 4.98 Å². The average molecular weight is 245 g/mol. The smallest absolute Gasteiger partial charge is 0.123 e. The van der Waals surface area contributed by atoms with Crippen molar-refractivity contribution >= 4 is 17.2 Å². The highest BCUT2D eigenvalue weighted by Gasteiger charge is 2.17. The second-order valence-corrected chi connectivity index (χ2v) is 5.38. The van der Waals surface area contributed by atoms with Gasteiger partial charge in [-0.2, -0.15) is 0 Å². The van der Waals surface area contributed by atoms with Crippen LogP contribution in [0.25, 0.3) is 0 Å². The molecule has 0 unspecified atom stereocenters. The first-order valence-electron chi connectivity index (χ1n) is 5.80. The summed E-state index contributed by atoms with van der Waals surface area (Å²) in [6.45, 7) is 3.04. The van der Waals surface area contributed by atoms with Gasteiger partial charge in [0.15, 0.2) is 0 Å². The van der Waals surface area contributed by atoms with Crippen LogP contribution in [0.2, 0.25) is 0 Å². The Morgan fingerprint density at radius 1 is 1.35 bits per heavy atom. The van der Waals surface area contributed by atoms with Gasteiger partial charge in [0.1, 0.15) is 5.82 Å². The van der Waals surface area contributed by atoms with E-state index < -0.39 is 0 Å². The quantitative estimate of drug-likeness (QED) is 0.882. The minimum Gasteiger partial charge on any atom is -0.384 e. The second-order valence-electron chi connectivity index (χ2n) is 4.38. The highest BCUT2D eigenvalue weighted by atomic mass is 32.1. The molecule has 0 saturated carbocycles. The Morgan fingerprint density at radius 2 is 2.29 bits per heavy atom. The number of fused-ring (bicyclic) bond motifs is 1. The minimum absolute atomic E-state index is 0.607. The summed E-state index contributed by atoms with van der Waals surface area (Å²) in [6.07, 6.45) is 1.16. The molecule has 3 heterocycles. The Labute approximate surface area is 105 Å². The van der Waals surface area contributed by atoms with Crippen LogP contribution in [0.15, 0.2) is 29.6 Å². The molecule has 0 amide bonds. The van der Waals surface area contributed by atoms with Crippen molar-refractivity contribution < 1.29 is 0 Å². The van der Waals surface area contributed by atoms with Gasteiger partial charge in [-0.15, -0.1) is 11.3 Å². The van der Waals surface area contributed by atoms with E-state index in [9.17, 15) is 0 Å². The number of nitrogen functional groups attached to an aromatic ring is 1. The molecule has 1 aliphatic rings. The summed E-state index contributed by atoms with van der Waals surface area (Å²) >= 11 is 1.87. The van der Waals surface area contributed by atoms with Crippen molar-refractivity contribution in [1.29, 1.82) is 0 Å². The lowest BCUT2D eigenvalue weighted by Gasteiger charge is -2.26. The molecule has 0 atom stereocenters. The van der Waals surface area contributed by atoms with E-state index in [1.165, 1.54) is 5.56 Å². The van der Waals surface area contributed by atoms with Crippen LogP contribution in [0.5, 0.6) is 0 Å². The third-order valence-electron chi connectivity index (χ3n) is 3.10. The molecule has 0 spiro atoms. The lowest BCUT2D eigenvalue weighted by Crippen LogP contribution is -2.29. The van der Waals surface area contributed by atoms with Crippen LogP contribution in [0.3, 0.4) is 0 Å². The molecule has 3 nitrogen and oxygen atoms in total. The number of pyridine rings is 1. The molecule has 2 N–H and O–H groups in total. The molecule has 0 aromatic carbocycles. The number of nitrogens with two attached hydrogens (primary N) is 1. The van der Waals surface area contributed by atoms with Crippen molar-refractivity contribution in [3.8, 4) is 0 Å². The molecule has 0 aliphatic carbocycles. The fourth-order valence-electron chi connectivity index (χ4n) is 2.26. The summed E-state index contributed by atoms with van der Waals surface area (Å²) in [5.41, 5.74) is 8.23. The SMILES string of the molecule is Nc1cccc(CN2CCc3sccc3C2)n1. The zero-order valence-corrected chi connectivity index (χ0v) is 10.4. The third-order valence-corrected chi connectivity index (χ3v) is 4.12. The van der Waals surface area contributed by atoms with Crippen LogP contribution in [0.1, 0.15) is 16.1 Å². The predicted molar refractivity (Wildman–Crippen MR) is 70.8 cm³/mol. The van der Waals surface area contributed by atoms with Crippen molar-refractivity contribution in [3.05, 3.63) is 45.8 Å². The van der Waals surface area contributed by atoms with Crippen LogP contribution in [-0.2, 0) is 19.5 Å². The molecule has 1 aliphatic heterocycles. The van der Waals surface area contributed by atoms with Gasteiger partial charge < -0.3 is 5.73 Å². The van der Waals surface area contributed by atoms with E-state index in [0.29, 0.717) is 5.82 Å². The summed E-state index contributed by atoms with van der Waals surface area (Å²) in [5.74, 6) is 0.607. The highest BCUT2D eigenvalue weighted by molar-refractivity contribution is 7.10. The van der Waals surface area contributed by atoms with E-state index in [2.05, 4.69) is 21.3 Å². The topological polar surface area (TPSA) is 42.1 Å². The number of anilines is 1. The fourth-order valence-corrected chi connectivity index (χ4v) is 3.15. The Hall–Kier alpha value is -1.39. The summed E-state index contributed by atoms with van der Waals surface area (Å²) in [7, 11) is 0. The van der Waals surface area contributed by atoms with E-state index in [4.69, 9.17) is 5.73 Å². The lowest BCUT2D eigenvalue weighted by atomic mass is 10.1. The number of thiophene rings is 1. The number of rotatable bonds is 2. The standard InChI is InChI=1S/C13H15N3S/c14-13-3-1-2-11(15-13)9-16-6-4-12-10(8-16)5-7-17-12/h1-3,5,7H,4,6,8-9H2,(H2,14,15). The maximum atomic E-state index is 5.70. The van der Waals surface area contributed by atoms with E-state index in [0.717, 1.165) is 31.7 Å². The molecule has 4 heteroatoms. The molecule has 2 aromatic rings. The first-order chi connectivity index (χ1) is 8.31. The zero-order chi connectivity index (χ0) is 11.7. The normalized spacial score (nSPS) is 15.8. The van der Waals surface area contributed by atoms with Crippen LogP contribution in [-0.4, -0.2) is 16.4 Å². The molecule has 0 bridgehead atoms. The predicted octanol–water partition coefficient (Wildman–Crippen LogP) is 2.28. The van der Waals surface area contributed by atoms with Crippen molar-refractivity contribution in [2.45, 2.75) is 19.5 Å². The molecule has 0 radical (unpaired) electrons. The van der Waals surface area contributed by atoms with Crippen molar-refractivity contribution in [3.63, 3.8) is 0 Å². The molecule has 17 heavy (non-hydrogen) atoms. The van der Waals surface area contributed by atoms with Crippen LogP contribution in [0, 0.1) is 0 Å². The van der Waals surface area contributed by atoms with Gasteiger partial charge in [-0.1, -0.05) is 6.07 Å². The van der Waals surface area contributed by atoms with Gasteiger partial charge in [-0.3, -0.25) is 4.90 Å². The Morgan fingerprint density at radius 3 is 3.18 bits per heavy atom. The maximum Gasteiger partial charge on any atom is 0.123 e. The fraction of sp³-hybridized carbons (Fsp3) is 0.308. The van der Waals surface area contributed by atoms with E-state index >= 15 is 0 Å². The molecule has 3 rings (SSSR count). The van der Waals surface area contributed by atoms with Gasteiger partial charge in [-0.05, 0) is 35.6 Å². The molecule has 88 valence electrons. The van der Waals surface area contributed by atoms with Gasteiger partial charge in [0.05, 0.1) is 5.69 Å². The molecular formula is C13H15N3S. The van der Waals surface area contributed by atoms with Crippen LogP contribution < -0.4 is 5.73 Å². The second kappa shape index (κ2) is 4.47. The van der Waals surface area contributed by atoms with E-state index in [1.54, 1.807) is 4.88 Å². The summed E-state index contributed by atoms with van der Waals surface area (Å²) in [6, 6.07) is 8.08. The van der Waals surface area contributed by atoms with Gasteiger partial charge in [0.25, 0.3) is 0 Å². The van der Waals surface area contributed by atoms with Crippen molar-refractivity contribution in [2.24, 2.45) is 0 Å². The number of nitrogens with zero attached hydrogens (tertiary/aromatic N) is 2. The molecule has 0 fully saturated rings. The maximum absolute atomic E-state index is 5.70. The largest absolute Gasteiger partial charge is 0.384 e. The Balaban J connectivity index is 1.72. The van der Waals surface area contributed by atoms with Crippen molar-refractivity contribution in [2.75, 3.05) is 12.3 Å². The lowest BCUT2D eigenvalue weighted by molar-refractivity contribution is 0.244. The summed E-state index contributed by atoms with van der Waals surface area (Å²) in [5, 5.41) is 2.19. The summed E-state index contributed by atoms with van der Waals surface area (Å²) < 4.78 is 0.